The first-order chi connectivity index (χ1) is 13.1. The molecule has 1 spiro atoms. The van der Waals surface area contributed by atoms with Crippen LogP contribution in [0.2, 0.25) is 0 Å². The monoisotopic (exact) mass is 500 g/mol. The lowest BCUT2D eigenvalue weighted by Gasteiger charge is -2.61. The molecule has 7 heteroatoms. The first-order valence-electron chi connectivity index (χ1n) is 10.0. The summed E-state index contributed by atoms with van der Waals surface area (Å²) in [6.07, 6.45) is 6.09. The van der Waals surface area contributed by atoms with Crippen molar-refractivity contribution >= 4 is 35.8 Å². The number of nitrogens with one attached hydrogen (secondary N) is 3. The van der Waals surface area contributed by atoms with Crippen molar-refractivity contribution in [3.63, 3.8) is 0 Å². The maximum absolute atomic E-state index is 11.8. The molecule has 0 aromatic heterocycles. The van der Waals surface area contributed by atoms with Crippen LogP contribution < -0.4 is 16.0 Å². The van der Waals surface area contributed by atoms with E-state index >= 15 is 0 Å². The lowest BCUT2D eigenvalue weighted by molar-refractivity contribution is -0.168. The van der Waals surface area contributed by atoms with Crippen molar-refractivity contribution in [2.75, 3.05) is 27.2 Å². The molecule has 1 aromatic carbocycles. The summed E-state index contributed by atoms with van der Waals surface area (Å²) in [7, 11) is 3.46. The molecular formula is C21H33IN4O2. The maximum Gasteiger partial charge on any atom is 0.251 e. The zero-order valence-corrected chi connectivity index (χ0v) is 19.4. The van der Waals surface area contributed by atoms with E-state index in [0.29, 0.717) is 23.1 Å². The van der Waals surface area contributed by atoms with Crippen LogP contribution in [0.4, 0.5) is 0 Å². The maximum atomic E-state index is 11.8. The van der Waals surface area contributed by atoms with Gasteiger partial charge in [-0.2, -0.15) is 0 Å². The van der Waals surface area contributed by atoms with Crippen molar-refractivity contribution < 1.29 is 9.53 Å². The van der Waals surface area contributed by atoms with Gasteiger partial charge in [0.25, 0.3) is 5.91 Å². The van der Waals surface area contributed by atoms with Gasteiger partial charge in [0.05, 0.1) is 6.10 Å². The summed E-state index contributed by atoms with van der Waals surface area (Å²) < 4.78 is 5.93. The predicted molar refractivity (Wildman–Crippen MR) is 124 cm³/mol. The molecule has 0 heterocycles. The van der Waals surface area contributed by atoms with Crippen LogP contribution in [0.1, 0.15) is 48.5 Å². The van der Waals surface area contributed by atoms with Crippen LogP contribution in [-0.2, 0) is 11.2 Å². The summed E-state index contributed by atoms with van der Waals surface area (Å²) in [5, 5.41) is 9.68. The molecule has 0 bridgehead atoms. The number of halogens is 1. The molecular weight excluding hydrogens is 467 g/mol. The Labute approximate surface area is 185 Å². The van der Waals surface area contributed by atoms with Crippen LogP contribution >= 0.6 is 24.0 Å². The van der Waals surface area contributed by atoms with Gasteiger partial charge in [-0.25, -0.2) is 0 Å². The summed E-state index contributed by atoms with van der Waals surface area (Å²) in [4.78, 5) is 16.1. The van der Waals surface area contributed by atoms with E-state index in [4.69, 9.17) is 4.74 Å². The van der Waals surface area contributed by atoms with E-state index in [9.17, 15) is 4.79 Å². The molecule has 2 fully saturated rings. The number of hydrogen-bond acceptors (Lipinski definition) is 3. The minimum atomic E-state index is -0.0538. The molecule has 2 aliphatic rings. The highest BCUT2D eigenvalue weighted by atomic mass is 127. The molecule has 2 aliphatic carbocycles. The molecule has 2 unspecified atom stereocenters. The Hall–Kier alpha value is -1.35. The molecule has 1 amide bonds. The van der Waals surface area contributed by atoms with Crippen LogP contribution in [0.5, 0.6) is 0 Å². The second-order valence-corrected chi connectivity index (χ2v) is 7.49. The van der Waals surface area contributed by atoms with Crippen molar-refractivity contribution in [3.05, 3.63) is 35.4 Å². The van der Waals surface area contributed by atoms with Gasteiger partial charge in [0.2, 0.25) is 0 Å². The van der Waals surface area contributed by atoms with Gasteiger partial charge in [0.1, 0.15) is 0 Å². The van der Waals surface area contributed by atoms with E-state index < -0.39 is 0 Å². The topological polar surface area (TPSA) is 74.8 Å². The Morgan fingerprint density at radius 3 is 2.75 bits per heavy atom. The first kappa shape index (κ1) is 22.9. The standard InChI is InChI=1S/C21H32N4O2.HI/c1-4-27-18-14-17(21(18)10-6-11-21)25-20(23-3)24-12-9-15-7-5-8-16(13-15)19(26)22-2;/h5,7-8,13,17-18H,4,6,9-12,14H2,1-3H3,(H,22,26)(H2,23,24,25);1H. The van der Waals surface area contributed by atoms with Crippen molar-refractivity contribution in [3.8, 4) is 0 Å². The number of amides is 1. The van der Waals surface area contributed by atoms with E-state index in [2.05, 4.69) is 27.9 Å². The number of carbonyl (C=O) groups excluding carboxylic acids is 1. The third-order valence-corrected chi connectivity index (χ3v) is 6.09. The molecule has 6 nitrogen and oxygen atoms in total. The van der Waals surface area contributed by atoms with Crippen LogP contribution in [0.25, 0.3) is 0 Å². The summed E-state index contributed by atoms with van der Waals surface area (Å²) in [5.74, 6) is 0.797. The van der Waals surface area contributed by atoms with Crippen molar-refractivity contribution in [2.24, 2.45) is 10.4 Å². The second-order valence-electron chi connectivity index (χ2n) is 7.49. The Bertz CT molecular complexity index is 691. The van der Waals surface area contributed by atoms with Crippen molar-refractivity contribution in [1.29, 1.82) is 0 Å². The van der Waals surface area contributed by atoms with E-state index in [1.165, 1.54) is 19.3 Å². The number of guanidine groups is 1. The number of aliphatic imine (C=N–C) groups is 1. The lowest BCUT2D eigenvalue weighted by Crippen LogP contribution is -2.68. The summed E-state index contributed by atoms with van der Waals surface area (Å²) in [5.41, 5.74) is 2.14. The number of nitrogens with zero attached hydrogens (tertiary/aromatic N) is 1. The number of rotatable bonds is 7. The number of benzene rings is 1. The molecule has 3 rings (SSSR count). The van der Waals surface area contributed by atoms with Crippen LogP contribution in [0.3, 0.4) is 0 Å². The van der Waals surface area contributed by atoms with Gasteiger partial charge in [-0.05, 0) is 50.3 Å². The predicted octanol–water partition coefficient (Wildman–Crippen LogP) is 2.72. The second kappa shape index (κ2) is 10.4. The van der Waals surface area contributed by atoms with Gasteiger partial charge < -0.3 is 20.7 Å². The van der Waals surface area contributed by atoms with Gasteiger partial charge in [-0.3, -0.25) is 9.79 Å². The minimum Gasteiger partial charge on any atom is -0.378 e. The highest BCUT2D eigenvalue weighted by molar-refractivity contribution is 14.0. The quantitative estimate of drug-likeness (QED) is 0.306. The summed E-state index contributed by atoms with van der Waals surface area (Å²) >= 11 is 0. The number of carbonyl (C=O) groups is 1. The Kier molecular flexibility index (Phi) is 8.55. The van der Waals surface area contributed by atoms with Gasteiger partial charge in [0, 0.05) is 44.3 Å². The van der Waals surface area contributed by atoms with E-state index in [-0.39, 0.29) is 29.9 Å². The molecule has 0 aliphatic heterocycles. The molecule has 1 aromatic rings. The molecule has 0 radical (unpaired) electrons. The SMILES string of the molecule is CCOC1CC(NC(=NC)NCCc2cccc(C(=O)NC)c2)C12CCC2.I. The molecule has 28 heavy (non-hydrogen) atoms. The number of ether oxygens (including phenoxy) is 1. The van der Waals surface area contributed by atoms with Crippen LogP contribution in [-0.4, -0.2) is 51.3 Å². The molecule has 156 valence electrons. The highest BCUT2D eigenvalue weighted by Crippen LogP contribution is 2.57. The Morgan fingerprint density at radius 2 is 2.14 bits per heavy atom. The zero-order valence-electron chi connectivity index (χ0n) is 17.1. The Balaban J connectivity index is 0.00000280. The average molecular weight is 500 g/mol. The molecule has 0 saturated heterocycles. The molecule has 2 atom stereocenters. The largest absolute Gasteiger partial charge is 0.378 e. The Morgan fingerprint density at radius 1 is 1.36 bits per heavy atom. The van der Waals surface area contributed by atoms with Gasteiger partial charge in [0.15, 0.2) is 5.96 Å². The zero-order chi connectivity index (χ0) is 19.3. The number of hydrogen-bond donors (Lipinski definition) is 3. The lowest BCUT2D eigenvalue weighted by atomic mass is 9.51. The fourth-order valence-corrected chi connectivity index (χ4v) is 4.34. The van der Waals surface area contributed by atoms with E-state index in [1.54, 1.807) is 7.05 Å². The fourth-order valence-electron chi connectivity index (χ4n) is 4.34. The summed E-state index contributed by atoms with van der Waals surface area (Å²) in [6.45, 7) is 3.64. The van der Waals surface area contributed by atoms with Gasteiger partial charge in [-0.15, -0.1) is 24.0 Å². The summed E-state index contributed by atoms with van der Waals surface area (Å²) in [6, 6.07) is 8.20. The first-order valence-corrected chi connectivity index (χ1v) is 10.0. The molecule has 2 saturated carbocycles. The third kappa shape index (κ3) is 4.79. The van der Waals surface area contributed by atoms with Crippen molar-refractivity contribution in [1.82, 2.24) is 16.0 Å². The van der Waals surface area contributed by atoms with Gasteiger partial charge >= 0.3 is 0 Å². The van der Waals surface area contributed by atoms with E-state index in [0.717, 1.165) is 37.5 Å². The fraction of sp³-hybridized carbons (Fsp3) is 0.619. The van der Waals surface area contributed by atoms with E-state index in [1.807, 2.05) is 31.3 Å². The van der Waals surface area contributed by atoms with Gasteiger partial charge in [-0.1, -0.05) is 18.6 Å². The van der Waals surface area contributed by atoms with Crippen LogP contribution in [0, 0.1) is 5.41 Å². The highest BCUT2D eigenvalue weighted by Gasteiger charge is 2.59. The van der Waals surface area contributed by atoms with Crippen LogP contribution in [0.15, 0.2) is 29.3 Å². The normalized spacial score (nSPS) is 22.5. The third-order valence-electron chi connectivity index (χ3n) is 6.09. The minimum absolute atomic E-state index is 0. The van der Waals surface area contributed by atoms with Crippen molar-refractivity contribution in [2.45, 2.75) is 51.2 Å². The average Bonchev–Trinajstić information content (AvgIpc) is 2.64. The smallest absolute Gasteiger partial charge is 0.251 e. The molecule has 3 N–H and O–H groups in total.